The lowest BCUT2D eigenvalue weighted by Crippen LogP contribution is -1.84. The summed E-state index contributed by atoms with van der Waals surface area (Å²) in [6.45, 7) is 15.0. The summed E-state index contributed by atoms with van der Waals surface area (Å²) < 4.78 is 0. The predicted molar refractivity (Wildman–Crippen MR) is 111 cm³/mol. The molecule has 0 atom stereocenters. The van der Waals surface area contributed by atoms with Crippen LogP contribution in [0.4, 0.5) is 0 Å². The molecule has 0 bridgehead atoms. The second-order valence-electron chi connectivity index (χ2n) is 5.24. The molecule has 0 heterocycles. The zero-order valence-electron chi connectivity index (χ0n) is 13.9. The maximum absolute atomic E-state index is 3.78. The Balaban J connectivity index is 0.000000174. The van der Waals surface area contributed by atoms with E-state index in [0.717, 1.165) is 16.7 Å². The second-order valence-corrected chi connectivity index (χ2v) is 5.24. The summed E-state index contributed by atoms with van der Waals surface area (Å²) in [5, 5.41) is 2.55. The van der Waals surface area contributed by atoms with Crippen LogP contribution < -0.4 is 0 Å². The quantitative estimate of drug-likeness (QED) is 0.482. The molecule has 0 aliphatic carbocycles. The highest BCUT2D eigenvalue weighted by Gasteiger charge is 1.98. The first kappa shape index (κ1) is 17.2. The zero-order valence-corrected chi connectivity index (χ0v) is 13.9. The summed E-state index contributed by atoms with van der Waals surface area (Å²) in [5.74, 6) is 0. The molecule has 0 amide bonds. The van der Waals surface area contributed by atoms with Gasteiger partial charge >= 0.3 is 0 Å². The molecule has 0 aliphatic heterocycles. The lowest BCUT2D eigenvalue weighted by atomic mass is 10.0. The maximum Gasteiger partial charge on any atom is -0.0112 e. The Labute approximate surface area is 144 Å². The van der Waals surface area contributed by atoms with Crippen LogP contribution in [0.1, 0.15) is 22.3 Å². The molecule has 0 nitrogen and oxygen atoms in total. The standard InChI is InChI=1S/C12H10.C12H12/c1-2-10-7-5-8-11-6-3-4-9-12(10)11;1-4-10-8-7-9-11(5-2)12(10)6-3/h2-9H,1H2;4-9H,1-3H2. The lowest BCUT2D eigenvalue weighted by Gasteiger charge is -2.03. The normalized spacial score (nSPS) is 9.50. The fourth-order valence-electron chi connectivity index (χ4n) is 2.62. The Morgan fingerprint density at radius 2 is 1.00 bits per heavy atom. The smallest absolute Gasteiger partial charge is 0.0112 e. The number of hydrogen-bond acceptors (Lipinski definition) is 0. The Hall–Kier alpha value is -3.12. The van der Waals surface area contributed by atoms with Crippen molar-refractivity contribution >= 4 is 35.1 Å². The van der Waals surface area contributed by atoms with E-state index in [2.05, 4.69) is 68.8 Å². The van der Waals surface area contributed by atoms with Gasteiger partial charge in [0.15, 0.2) is 0 Å². The number of benzene rings is 3. The van der Waals surface area contributed by atoms with Gasteiger partial charge in [0.25, 0.3) is 0 Å². The van der Waals surface area contributed by atoms with Gasteiger partial charge in [-0.3, -0.25) is 0 Å². The third kappa shape index (κ3) is 3.80. The Morgan fingerprint density at radius 1 is 0.500 bits per heavy atom. The van der Waals surface area contributed by atoms with Crippen LogP contribution >= 0.6 is 0 Å². The monoisotopic (exact) mass is 310 g/mol. The van der Waals surface area contributed by atoms with Crippen LogP contribution in [0.25, 0.3) is 35.1 Å². The van der Waals surface area contributed by atoms with Crippen molar-refractivity contribution in [2.75, 3.05) is 0 Å². The Morgan fingerprint density at radius 3 is 1.58 bits per heavy atom. The molecule has 0 unspecified atom stereocenters. The van der Waals surface area contributed by atoms with E-state index in [1.54, 1.807) is 0 Å². The van der Waals surface area contributed by atoms with Crippen LogP contribution in [0.15, 0.2) is 87.0 Å². The van der Waals surface area contributed by atoms with E-state index >= 15 is 0 Å². The van der Waals surface area contributed by atoms with Crippen LogP contribution in [-0.2, 0) is 0 Å². The minimum Gasteiger partial charge on any atom is -0.0984 e. The van der Waals surface area contributed by atoms with Gasteiger partial charge in [0.2, 0.25) is 0 Å². The number of hydrogen-bond donors (Lipinski definition) is 0. The van der Waals surface area contributed by atoms with Gasteiger partial charge in [-0.2, -0.15) is 0 Å². The Kier molecular flexibility index (Phi) is 6.10. The van der Waals surface area contributed by atoms with Crippen molar-refractivity contribution in [3.8, 4) is 0 Å². The number of fused-ring (bicyclic) bond motifs is 1. The third-order valence-electron chi connectivity index (χ3n) is 3.86. The SMILES string of the molecule is C=Cc1cccc(C=C)c1C=C.C=Cc1cccc2ccccc12. The van der Waals surface area contributed by atoms with E-state index in [0.29, 0.717) is 0 Å². The molecule has 0 aliphatic rings. The molecule has 3 rings (SSSR count). The molecule has 0 fully saturated rings. The van der Waals surface area contributed by atoms with Gasteiger partial charge in [-0.25, -0.2) is 0 Å². The minimum atomic E-state index is 1.10. The molecule has 0 saturated heterocycles. The van der Waals surface area contributed by atoms with Gasteiger partial charge in [0.1, 0.15) is 0 Å². The van der Waals surface area contributed by atoms with Gasteiger partial charge in [-0.15, -0.1) is 0 Å². The van der Waals surface area contributed by atoms with Gasteiger partial charge < -0.3 is 0 Å². The first-order valence-electron chi connectivity index (χ1n) is 7.85. The number of rotatable bonds is 4. The summed E-state index contributed by atoms with van der Waals surface area (Å²) in [6, 6.07) is 20.6. The van der Waals surface area contributed by atoms with E-state index in [1.165, 1.54) is 16.3 Å². The molecule has 24 heavy (non-hydrogen) atoms. The van der Waals surface area contributed by atoms with Crippen molar-refractivity contribution < 1.29 is 0 Å². The lowest BCUT2D eigenvalue weighted by molar-refractivity contribution is 1.58. The topological polar surface area (TPSA) is 0 Å². The molecular weight excluding hydrogens is 288 g/mol. The third-order valence-corrected chi connectivity index (χ3v) is 3.86. The van der Waals surface area contributed by atoms with Crippen LogP contribution in [-0.4, -0.2) is 0 Å². The highest BCUT2D eigenvalue weighted by atomic mass is 14.0. The van der Waals surface area contributed by atoms with Gasteiger partial charge in [0, 0.05) is 0 Å². The van der Waals surface area contributed by atoms with Crippen molar-refractivity contribution in [3.63, 3.8) is 0 Å². The fourth-order valence-corrected chi connectivity index (χ4v) is 2.62. The molecular formula is C24H22. The van der Waals surface area contributed by atoms with Crippen molar-refractivity contribution in [3.05, 3.63) is 109 Å². The first-order valence-corrected chi connectivity index (χ1v) is 7.85. The van der Waals surface area contributed by atoms with Crippen LogP contribution in [0, 0.1) is 0 Å². The summed E-state index contributed by atoms with van der Waals surface area (Å²) in [5.41, 5.74) is 4.50. The molecule has 3 aromatic rings. The largest absolute Gasteiger partial charge is 0.0984 e. The average molecular weight is 310 g/mol. The van der Waals surface area contributed by atoms with Crippen molar-refractivity contribution in [1.82, 2.24) is 0 Å². The highest BCUT2D eigenvalue weighted by Crippen LogP contribution is 2.19. The van der Waals surface area contributed by atoms with Gasteiger partial charge in [0.05, 0.1) is 0 Å². The molecule has 0 radical (unpaired) electrons. The fraction of sp³-hybridized carbons (Fsp3) is 0. The minimum absolute atomic E-state index is 1.10. The van der Waals surface area contributed by atoms with Crippen LogP contribution in [0.3, 0.4) is 0 Å². The molecule has 0 aromatic heterocycles. The molecule has 118 valence electrons. The van der Waals surface area contributed by atoms with Crippen molar-refractivity contribution in [1.29, 1.82) is 0 Å². The van der Waals surface area contributed by atoms with E-state index in [-0.39, 0.29) is 0 Å². The van der Waals surface area contributed by atoms with Gasteiger partial charge in [-0.1, -0.05) is 111 Å². The Bertz CT molecular complexity index is 850. The molecule has 0 heteroatoms. The second kappa shape index (κ2) is 8.50. The van der Waals surface area contributed by atoms with Crippen molar-refractivity contribution in [2.24, 2.45) is 0 Å². The molecule has 3 aromatic carbocycles. The van der Waals surface area contributed by atoms with Crippen molar-refractivity contribution in [2.45, 2.75) is 0 Å². The van der Waals surface area contributed by atoms with Crippen LogP contribution in [0.5, 0.6) is 0 Å². The molecule has 0 saturated carbocycles. The summed E-state index contributed by atoms with van der Waals surface area (Å²) >= 11 is 0. The highest BCUT2D eigenvalue weighted by molar-refractivity contribution is 5.90. The van der Waals surface area contributed by atoms with Gasteiger partial charge in [-0.05, 0) is 33.0 Å². The molecule has 0 N–H and O–H groups in total. The summed E-state index contributed by atoms with van der Waals surface area (Å²) in [4.78, 5) is 0. The van der Waals surface area contributed by atoms with Crippen LogP contribution in [0.2, 0.25) is 0 Å². The van der Waals surface area contributed by atoms with E-state index in [4.69, 9.17) is 0 Å². The molecule has 0 spiro atoms. The zero-order chi connectivity index (χ0) is 17.4. The maximum atomic E-state index is 3.78. The summed E-state index contributed by atoms with van der Waals surface area (Å²) in [7, 11) is 0. The summed E-state index contributed by atoms with van der Waals surface area (Å²) in [6.07, 6.45) is 7.37. The first-order chi connectivity index (χ1) is 11.7. The van der Waals surface area contributed by atoms with E-state index in [1.807, 2.05) is 42.5 Å². The van der Waals surface area contributed by atoms with E-state index < -0.39 is 0 Å². The predicted octanol–water partition coefficient (Wildman–Crippen LogP) is 7.10. The van der Waals surface area contributed by atoms with E-state index in [9.17, 15) is 0 Å². The average Bonchev–Trinajstić information content (AvgIpc) is 2.67.